The summed E-state index contributed by atoms with van der Waals surface area (Å²) in [7, 11) is 0. The van der Waals surface area contributed by atoms with Crippen LogP contribution in [0, 0.1) is 0 Å². The summed E-state index contributed by atoms with van der Waals surface area (Å²) in [6.45, 7) is 4.18. The highest BCUT2D eigenvalue weighted by molar-refractivity contribution is 6.31. The van der Waals surface area contributed by atoms with Gasteiger partial charge in [0.25, 0.3) is 0 Å². The molecule has 0 spiro atoms. The van der Waals surface area contributed by atoms with E-state index in [1.165, 1.54) is 0 Å². The fraction of sp³-hybridized carbons (Fsp3) is 0.500. The van der Waals surface area contributed by atoms with Gasteiger partial charge in [0.1, 0.15) is 0 Å². The lowest BCUT2D eigenvalue weighted by Crippen LogP contribution is -1.96. The number of hydrogen-bond acceptors (Lipinski definition) is 2. The monoisotopic (exact) mass is 204 g/mol. The van der Waals surface area contributed by atoms with Gasteiger partial charge in [-0.05, 0) is 24.0 Å². The summed E-state index contributed by atoms with van der Waals surface area (Å²) < 4.78 is 0. The first-order valence-electron chi connectivity index (χ1n) is 3.83. The molecule has 1 rings (SSSR count). The summed E-state index contributed by atoms with van der Waals surface area (Å²) in [5.74, 6) is 0.380. The van der Waals surface area contributed by atoms with Crippen LogP contribution in [-0.2, 0) is 0 Å². The van der Waals surface area contributed by atoms with Gasteiger partial charge >= 0.3 is 0 Å². The average Bonchev–Trinajstić information content (AvgIpc) is 2.08. The Morgan fingerprint density at radius 2 is 2.08 bits per heavy atom. The molecule has 0 saturated heterocycles. The number of halogens is 2. The molecule has 0 aliphatic carbocycles. The van der Waals surface area contributed by atoms with Crippen LogP contribution in [0.1, 0.15) is 31.7 Å². The van der Waals surface area contributed by atoms with Crippen molar-refractivity contribution in [2.75, 3.05) is 0 Å². The van der Waals surface area contributed by atoms with Crippen molar-refractivity contribution in [3.63, 3.8) is 0 Å². The van der Waals surface area contributed by atoms with Crippen LogP contribution in [0.15, 0.2) is 6.07 Å². The topological polar surface area (TPSA) is 25.8 Å². The van der Waals surface area contributed by atoms with Gasteiger partial charge in [-0.3, -0.25) is 0 Å². The quantitative estimate of drug-likeness (QED) is 0.740. The normalized spacial score (nSPS) is 13.0. The van der Waals surface area contributed by atoms with Crippen molar-refractivity contribution in [1.29, 1.82) is 0 Å². The van der Waals surface area contributed by atoms with Gasteiger partial charge in [-0.25, -0.2) is 0 Å². The molecule has 0 aromatic carbocycles. The Bertz CT molecular complexity index is 276. The molecule has 0 aliphatic heterocycles. The molecule has 2 nitrogen and oxygen atoms in total. The number of hydrogen-bond donors (Lipinski definition) is 0. The van der Waals surface area contributed by atoms with E-state index < -0.39 is 0 Å². The highest BCUT2D eigenvalue weighted by Gasteiger charge is 2.09. The fourth-order valence-corrected chi connectivity index (χ4v) is 1.37. The van der Waals surface area contributed by atoms with Crippen LogP contribution in [0.25, 0.3) is 0 Å². The molecule has 0 N–H and O–H groups in total. The highest BCUT2D eigenvalue weighted by atomic mass is 35.5. The molecule has 0 fully saturated rings. The maximum absolute atomic E-state index is 5.84. The molecule has 1 unspecified atom stereocenters. The Morgan fingerprint density at radius 1 is 1.42 bits per heavy atom. The molecule has 0 radical (unpaired) electrons. The van der Waals surface area contributed by atoms with Gasteiger partial charge in [-0.1, -0.05) is 37.0 Å². The molecule has 0 bridgehead atoms. The van der Waals surface area contributed by atoms with E-state index in [1.807, 2.05) is 0 Å². The van der Waals surface area contributed by atoms with Crippen molar-refractivity contribution >= 4 is 23.2 Å². The van der Waals surface area contributed by atoms with E-state index in [2.05, 4.69) is 24.0 Å². The number of rotatable bonds is 2. The largest absolute Gasteiger partial charge is 0.155 e. The van der Waals surface area contributed by atoms with Crippen LogP contribution < -0.4 is 0 Å². The van der Waals surface area contributed by atoms with E-state index in [9.17, 15) is 0 Å². The molecule has 0 amide bonds. The van der Waals surface area contributed by atoms with E-state index in [0.29, 0.717) is 16.2 Å². The fourth-order valence-electron chi connectivity index (χ4n) is 0.932. The zero-order valence-electron chi connectivity index (χ0n) is 7.01. The van der Waals surface area contributed by atoms with E-state index in [1.54, 1.807) is 6.07 Å². The van der Waals surface area contributed by atoms with Crippen LogP contribution in [0.4, 0.5) is 0 Å². The van der Waals surface area contributed by atoms with Gasteiger partial charge in [0.2, 0.25) is 0 Å². The predicted octanol–water partition coefficient (Wildman–Crippen LogP) is 3.30. The first-order valence-corrected chi connectivity index (χ1v) is 4.59. The smallest absolute Gasteiger partial charge is 0.137 e. The summed E-state index contributed by atoms with van der Waals surface area (Å²) in [5, 5.41) is 8.22. The van der Waals surface area contributed by atoms with Crippen LogP contribution in [-0.4, -0.2) is 10.2 Å². The molecule has 0 saturated carbocycles. The van der Waals surface area contributed by atoms with Gasteiger partial charge in [-0.2, -0.15) is 0 Å². The van der Waals surface area contributed by atoms with Crippen molar-refractivity contribution in [2.45, 2.75) is 26.2 Å². The molecular formula is C8H10Cl2N2. The first kappa shape index (κ1) is 9.75. The Labute approximate surface area is 81.9 Å². The molecule has 66 valence electrons. The van der Waals surface area contributed by atoms with Gasteiger partial charge in [0.05, 0.1) is 0 Å². The summed E-state index contributed by atoms with van der Waals surface area (Å²) in [5.41, 5.74) is 0.971. The maximum atomic E-state index is 5.84. The lowest BCUT2D eigenvalue weighted by Gasteiger charge is -2.09. The van der Waals surface area contributed by atoms with Crippen LogP contribution in [0.2, 0.25) is 10.3 Å². The van der Waals surface area contributed by atoms with Crippen molar-refractivity contribution in [2.24, 2.45) is 0 Å². The molecule has 1 heterocycles. The van der Waals surface area contributed by atoms with Crippen LogP contribution in [0.5, 0.6) is 0 Å². The van der Waals surface area contributed by atoms with E-state index in [-0.39, 0.29) is 0 Å². The summed E-state index contributed by atoms with van der Waals surface area (Å²) in [6, 6.07) is 1.77. The van der Waals surface area contributed by atoms with Gasteiger partial charge in [0, 0.05) is 0 Å². The lowest BCUT2D eigenvalue weighted by atomic mass is 10.0. The highest BCUT2D eigenvalue weighted by Crippen LogP contribution is 2.25. The van der Waals surface area contributed by atoms with Gasteiger partial charge < -0.3 is 0 Å². The zero-order chi connectivity index (χ0) is 9.14. The Kier molecular flexibility index (Phi) is 3.29. The number of nitrogens with zero attached hydrogens (tertiary/aromatic N) is 2. The third-order valence-electron chi connectivity index (χ3n) is 1.89. The standard InChI is InChI=1S/C8H10Cl2N2/c1-3-5(2)6-4-7(9)11-12-8(6)10/h4-5H,3H2,1-2H3. The lowest BCUT2D eigenvalue weighted by molar-refractivity contribution is 0.724. The molecule has 0 aliphatic rings. The summed E-state index contributed by atoms with van der Waals surface area (Å²) in [4.78, 5) is 0. The molecular weight excluding hydrogens is 195 g/mol. The minimum atomic E-state index is 0.380. The van der Waals surface area contributed by atoms with Crippen molar-refractivity contribution < 1.29 is 0 Å². The van der Waals surface area contributed by atoms with Crippen molar-refractivity contribution in [3.05, 3.63) is 21.9 Å². The Morgan fingerprint density at radius 3 is 2.67 bits per heavy atom. The minimum Gasteiger partial charge on any atom is -0.137 e. The second kappa shape index (κ2) is 4.06. The molecule has 1 atom stereocenters. The second-order valence-electron chi connectivity index (χ2n) is 2.72. The predicted molar refractivity (Wildman–Crippen MR) is 50.8 cm³/mol. The molecule has 1 aromatic rings. The summed E-state index contributed by atoms with van der Waals surface area (Å²) >= 11 is 11.5. The maximum Gasteiger partial charge on any atom is 0.155 e. The second-order valence-corrected chi connectivity index (χ2v) is 3.47. The Hall–Kier alpha value is -0.340. The average molecular weight is 205 g/mol. The summed E-state index contributed by atoms with van der Waals surface area (Å²) in [6.07, 6.45) is 1.02. The Balaban J connectivity index is 3.04. The molecule has 4 heteroatoms. The van der Waals surface area contributed by atoms with Gasteiger partial charge in [0.15, 0.2) is 10.3 Å². The van der Waals surface area contributed by atoms with Crippen LogP contribution in [0.3, 0.4) is 0 Å². The molecule has 1 aromatic heterocycles. The third kappa shape index (κ3) is 2.08. The van der Waals surface area contributed by atoms with Crippen LogP contribution >= 0.6 is 23.2 Å². The van der Waals surface area contributed by atoms with Crippen molar-refractivity contribution in [3.8, 4) is 0 Å². The minimum absolute atomic E-state index is 0.380. The van der Waals surface area contributed by atoms with E-state index in [4.69, 9.17) is 23.2 Å². The van der Waals surface area contributed by atoms with E-state index in [0.717, 1.165) is 12.0 Å². The SMILES string of the molecule is CCC(C)c1cc(Cl)nnc1Cl. The van der Waals surface area contributed by atoms with Gasteiger partial charge in [-0.15, -0.1) is 10.2 Å². The van der Waals surface area contributed by atoms with E-state index >= 15 is 0 Å². The number of aromatic nitrogens is 2. The molecule has 12 heavy (non-hydrogen) atoms. The third-order valence-corrected chi connectivity index (χ3v) is 2.37. The zero-order valence-corrected chi connectivity index (χ0v) is 8.52. The van der Waals surface area contributed by atoms with Crippen molar-refractivity contribution in [1.82, 2.24) is 10.2 Å². The first-order chi connectivity index (χ1) is 5.65.